The van der Waals surface area contributed by atoms with Crippen LogP contribution in [0.1, 0.15) is 32.1 Å². The molecule has 0 aromatic carbocycles. The molecule has 3 heterocycles. The standard InChI is InChI=1S/C15H25N3O2/c1(2-7-18-8-6-16-13-18)5-17-14-3-9-20-15(11-14)4-10-19-12-15/h6,8,13-14,17H,1-5,7,9-12H2. The molecule has 2 aliphatic rings. The predicted octanol–water partition coefficient (Wildman–Crippen LogP) is 1.59. The Kier molecular flexibility index (Phi) is 4.70. The highest BCUT2D eigenvalue weighted by Gasteiger charge is 2.40. The molecule has 0 radical (unpaired) electrons. The minimum absolute atomic E-state index is 0.0206. The lowest BCUT2D eigenvalue weighted by atomic mass is 9.89. The first-order valence-corrected chi connectivity index (χ1v) is 7.77. The van der Waals surface area contributed by atoms with Crippen LogP contribution in [0.2, 0.25) is 0 Å². The summed E-state index contributed by atoms with van der Waals surface area (Å²) >= 11 is 0. The van der Waals surface area contributed by atoms with Crippen LogP contribution < -0.4 is 5.32 Å². The van der Waals surface area contributed by atoms with E-state index in [1.807, 2.05) is 18.7 Å². The molecular formula is C15H25N3O2. The van der Waals surface area contributed by atoms with Crippen molar-refractivity contribution in [1.82, 2.24) is 14.9 Å². The average molecular weight is 279 g/mol. The number of nitrogens with one attached hydrogen (secondary N) is 1. The molecule has 0 saturated carbocycles. The monoisotopic (exact) mass is 279 g/mol. The first-order chi connectivity index (χ1) is 9.86. The Bertz CT molecular complexity index is 388. The molecule has 0 amide bonds. The van der Waals surface area contributed by atoms with E-state index in [4.69, 9.17) is 9.47 Å². The first kappa shape index (κ1) is 14.0. The molecule has 2 fully saturated rings. The van der Waals surface area contributed by atoms with E-state index in [9.17, 15) is 0 Å². The van der Waals surface area contributed by atoms with Crippen molar-refractivity contribution in [3.05, 3.63) is 18.7 Å². The molecule has 112 valence electrons. The smallest absolute Gasteiger partial charge is 0.0951 e. The van der Waals surface area contributed by atoms with Gasteiger partial charge in [0.15, 0.2) is 0 Å². The summed E-state index contributed by atoms with van der Waals surface area (Å²) in [5.41, 5.74) is 0.0206. The number of unbranched alkanes of at least 4 members (excludes halogenated alkanes) is 1. The van der Waals surface area contributed by atoms with Crippen LogP contribution in [-0.4, -0.2) is 47.6 Å². The van der Waals surface area contributed by atoms with Gasteiger partial charge in [-0.05, 0) is 32.2 Å². The topological polar surface area (TPSA) is 48.3 Å². The maximum Gasteiger partial charge on any atom is 0.0951 e. The van der Waals surface area contributed by atoms with Crippen molar-refractivity contribution >= 4 is 0 Å². The Hall–Kier alpha value is -0.910. The SMILES string of the molecule is c1cn(CCCCNC2CCOC3(CCOC3)C2)cn1. The molecule has 2 unspecified atom stereocenters. The van der Waals surface area contributed by atoms with Gasteiger partial charge in [-0.15, -0.1) is 0 Å². The molecular weight excluding hydrogens is 254 g/mol. The average Bonchev–Trinajstić information content (AvgIpc) is 3.11. The third kappa shape index (κ3) is 3.59. The fraction of sp³-hybridized carbons (Fsp3) is 0.800. The molecule has 2 saturated heterocycles. The summed E-state index contributed by atoms with van der Waals surface area (Å²) in [7, 11) is 0. The molecule has 2 atom stereocenters. The highest BCUT2D eigenvalue weighted by atomic mass is 16.6. The van der Waals surface area contributed by atoms with Crippen LogP contribution in [0.5, 0.6) is 0 Å². The zero-order valence-corrected chi connectivity index (χ0v) is 12.1. The van der Waals surface area contributed by atoms with E-state index in [0.717, 1.165) is 52.2 Å². The predicted molar refractivity (Wildman–Crippen MR) is 76.6 cm³/mol. The van der Waals surface area contributed by atoms with Crippen LogP contribution in [0.15, 0.2) is 18.7 Å². The molecule has 5 heteroatoms. The zero-order valence-electron chi connectivity index (χ0n) is 12.1. The van der Waals surface area contributed by atoms with Crippen molar-refractivity contribution < 1.29 is 9.47 Å². The molecule has 5 nitrogen and oxygen atoms in total. The maximum atomic E-state index is 5.96. The summed E-state index contributed by atoms with van der Waals surface area (Å²) in [5, 5.41) is 3.69. The van der Waals surface area contributed by atoms with E-state index in [-0.39, 0.29) is 5.60 Å². The van der Waals surface area contributed by atoms with Crippen molar-refractivity contribution in [3.63, 3.8) is 0 Å². The number of nitrogens with zero attached hydrogens (tertiary/aromatic N) is 2. The van der Waals surface area contributed by atoms with Crippen LogP contribution in [0.3, 0.4) is 0 Å². The van der Waals surface area contributed by atoms with Crippen molar-refractivity contribution in [3.8, 4) is 0 Å². The minimum Gasteiger partial charge on any atom is -0.378 e. The molecule has 3 rings (SSSR count). The number of imidazole rings is 1. The summed E-state index contributed by atoms with van der Waals surface area (Å²) in [6.45, 7) is 4.67. The third-order valence-corrected chi connectivity index (χ3v) is 4.40. The number of ether oxygens (including phenoxy) is 2. The lowest BCUT2D eigenvalue weighted by Crippen LogP contribution is -2.47. The van der Waals surface area contributed by atoms with Crippen molar-refractivity contribution in [1.29, 1.82) is 0 Å². The van der Waals surface area contributed by atoms with Crippen molar-refractivity contribution in [2.45, 2.75) is 50.3 Å². The Morgan fingerprint density at radius 1 is 1.35 bits per heavy atom. The summed E-state index contributed by atoms with van der Waals surface area (Å²) in [4.78, 5) is 4.06. The number of aromatic nitrogens is 2. The van der Waals surface area contributed by atoms with E-state index in [2.05, 4.69) is 14.9 Å². The van der Waals surface area contributed by atoms with Gasteiger partial charge in [-0.1, -0.05) is 0 Å². The second-order valence-electron chi connectivity index (χ2n) is 5.99. The van der Waals surface area contributed by atoms with E-state index in [0.29, 0.717) is 6.04 Å². The summed E-state index contributed by atoms with van der Waals surface area (Å²) in [5.74, 6) is 0. The van der Waals surface area contributed by atoms with Gasteiger partial charge >= 0.3 is 0 Å². The molecule has 1 aromatic rings. The second kappa shape index (κ2) is 6.70. The van der Waals surface area contributed by atoms with Gasteiger partial charge in [0.25, 0.3) is 0 Å². The summed E-state index contributed by atoms with van der Waals surface area (Å²) in [6, 6.07) is 0.596. The molecule has 1 aromatic heterocycles. The van der Waals surface area contributed by atoms with Crippen LogP contribution in [0.25, 0.3) is 0 Å². The molecule has 0 bridgehead atoms. The second-order valence-corrected chi connectivity index (χ2v) is 5.99. The third-order valence-electron chi connectivity index (χ3n) is 4.40. The lowest BCUT2D eigenvalue weighted by Gasteiger charge is -2.37. The number of rotatable bonds is 6. The maximum absolute atomic E-state index is 5.96. The minimum atomic E-state index is 0.0206. The normalized spacial score (nSPS) is 30.1. The molecule has 1 N–H and O–H groups in total. The molecule has 0 aliphatic carbocycles. The van der Waals surface area contributed by atoms with Crippen LogP contribution >= 0.6 is 0 Å². The van der Waals surface area contributed by atoms with Gasteiger partial charge < -0.3 is 19.4 Å². The molecule has 20 heavy (non-hydrogen) atoms. The first-order valence-electron chi connectivity index (χ1n) is 7.77. The van der Waals surface area contributed by atoms with Gasteiger partial charge in [0.2, 0.25) is 0 Å². The van der Waals surface area contributed by atoms with E-state index in [1.54, 1.807) is 0 Å². The van der Waals surface area contributed by atoms with Crippen LogP contribution in [0.4, 0.5) is 0 Å². The zero-order chi connectivity index (χ0) is 13.7. The summed E-state index contributed by atoms with van der Waals surface area (Å²) in [6.07, 6.45) is 11.4. The van der Waals surface area contributed by atoms with Gasteiger partial charge in [0, 0.05) is 44.6 Å². The fourth-order valence-electron chi connectivity index (χ4n) is 3.21. The highest BCUT2D eigenvalue weighted by molar-refractivity contribution is 4.92. The Morgan fingerprint density at radius 2 is 2.35 bits per heavy atom. The van der Waals surface area contributed by atoms with E-state index < -0.39 is 0 Å². The van der Waals surface area contributed by atoms with Crippen molar-refractivity contribution in [2.75, 3.05) is 26.4 Å². The van der Waals surface area contributed by atoms with Gasteiger partial charge in [-0.3, -0.25) is 0 Å². The summed E-state index contributed by atoms with van der Waals surface area (Å²) < 4.78 is 13.6. The molecule has 1 spiro atoms. The molecule has 2 aliphatic heterocycles. The van der Waals surface area contributed by atoms with Crippen LogP contribution in [-0.2, 0) is 16.0 Å². The van der Waals surface area contributed by atoms with Crippen LogP contribution in [0, 0.1) is 0 Å². The number of hydrogen-bond acceptors (Lipinski definition) is 4. The van der Waals surface area contributed by atoms with E-state index in [1.165, 1.54) is 12.8 Å². The Balaban J connectivity index is 1.32. The van der Waals surface area contributed by atoms with E-state index >= 15 is 0 Å². The highest BCUT2D eigenvalue weighted by Crippen LogP contribution is 2.32. The van der Waals surface area contributed by atoms with Gasteiger partial charge in [0.05, 0.1) is 18.5 Å². The number of hydrogen-bond donors (Lipinski definition) is 1. The lowest BCUT2D eigenvalue weighted by molar-refractivity contribution is -0.0892. The Labute approximate surface area is 120 Å². The quantitative estimate of drug-likeness (QED) is 0.803. The van der Waals surface area contributed by atoms with Crippen molar-refractivity contribution in [2.24, 2.45) is 0 Å². The van der Waals surface area contributed by atoms with Gasteiger partial charge in [-0.25, -0.2) is 4.98 Å². The Morgan fingerprint density at radius 3 is 3.15 bits per heavy atom. The fourth-order valence-corrected chi connectivity index (χ4v) is 3.21. The van der Waals surface area contributed by atoms with Gasteiger partial charge in [-0.2, -0.15) is 0 Å². The largest absolute Gasteiger partial charge is 0.378 e. The van der Waals surface area contributed by atoms with Gasteiger partial charge in [0.1, 0.15) is 0 Å². The number of aryl methyl sites for hydroxylation is 1.